The van der Waals surface area contributed by atoms with Crippen molar-refractivity contribution in [3.63, 3.8) is 0 Å². The highest BCUT2D eigenvalue weighted by Gasteiger charge is 2.13. The summed E-state index contributed by atoms with van der Waals surface area (Å²) in [5, 5.41) is 0. The fraction of sp³-hybridized carbons (Fsp3) is 0.333. The second kappa shape index (κ2) is 6.74. The Balaban J connectivity index is 2.85. The van der Waals surface area contributed by atoms with Crippen LogP contribution in [-0.2, 0) is 0 Å². The van der Waals surface area contributed by atoms with Crippen molar-refractivity contribution in [2.45, 2.75) is 25.8 Å². The number of allylic oxidation sites excluding steroid dienone is 1. The van der Waals surface area contributed by atoms with E-state index in [1.165, 1.54) is 14.7 Å². The molecule has 0 aromatic heterocycles. The zero-order valence-electron chi connectivity index (χ0n) is 9.26. The normalized spacial score (nSPS) is 12.5. The molecule has 2 nitrogen and oxygen atoms in total. The minimum absolute atomic E-state index is 0.182. The number of nitrogens with two attached hydrogens (primary N) is 1. The highest BCUT2D eigenvalue weighted by Crippen LogP contribution is 2.27. The summed E-state index contributed by atoms with van der Waals surface area (Å²) in [6.07, 6.45) is 1.95. The van der Waals surface area contributed by atoms with Crippen LogP contribution in [0.25, 0.3) is 0 Å². The number of benzene rings is 1. The first kappa shape index (κ1) is 14.2. The van der Waals surface area contributed by atoms with Crippen molar-refractivity contribution < 1.29 is 0 Å². The molecule has 0 bridgehead atoms. The van der Waals surface area contributed by atoms with Gasteiger partial charge in [0.15, 0.2) is 0 Å². The predicted octanol–water partition coefficient (Wildman–Crippen LogP) is 3.91. The van der Waals surface area contributed by atoms with Crippen molar-refractivity contribution in [3.8, 4) is 0 Å². The quantitative estimate of drug-likeness (QED) is 0.344. The van der Waals surface area contributed by atoms with Gasteiger partial charge in [-0.2, -0.15) is 0 Å². The van der Waals surface area contributed by atoms with E-state index in [4.69, 9.17) is 5.84 Å². The molecule has 16 heavy (non-hydrogen) atoms. The van der Waals surface area contributed by atoms with Gasteiger partial charge in [0.2, 0.25) is 0 Å². The van der Waals surface area contributed by atoms with E-state index in [0.29, 0.717) is 0 Å². The molecule has 88 valence electrons. The molecular weight excluding hydrogens is 379 g/mol. The molecule has 0 heterocycles. The number of hydrazine groups is 1. The molecule has 1 atom stereocenters. The molecule has 0 saturated heterocycles. The van der Waals surface area contributed by atoms with Crippen LogP contribution in [0.2, 0.25) is 0 Å². The van der Waals surface area contributed by atoms with E-state index in [0.717, 1.165) is 17.3 Å². The predicted molar refractivity (Wildman–Crippen MR) is 81.0 cm³/mol. The number of nitrogens with one attached hydrogen (secondary N) is 1. The van der Waals surface area contributed by atoms with Crippen molar-refractivity contribution in [2.75, 3.05) is 0 Å². The van der Waals surface area contributed by atoms with E-state index < -0.39 is 0 Å². The van der Waals surface area contributed by atoms with Crippen LogP contribution in [0.15, 0.2) is 34.8 Å². The highest BCUT2D eigenvalue weighted by molar-refractivity contribution is 14.1. The highest BCUT2D eigenvalue weighted by atomic mass is 127. The van der Waals surface area contributed by atoms with Gasteiger partial charge in [0, 0.05) is 14.1 Å². The number of hydrogen-bond acceptors (Lipinski definition) is 2. The molecular formula is C12H16BrIN2. The van der Waals surface area contributed by atoms with E-state index in [2.05, 4.69) is 62.7 Å². The van der Waals surface area contributed by atoms with Crippen LogP contribution < -0.4 is 11.3 Å². The summed E-state index contributed by atoms with van der Waals surface area (Å²) in [6.45, 7) is 5.96. The van der Waals surface area contributed by atoms with Gasteiger partial charge in [-0.3, -0.25) is 11.3 Å². The van der Waals surface area contributed by atoms with Crippen LogP contribution in [0.5, 0.6) is 0 Å². The first-order valence-electron chi connectivity index (χ1n) is 5.10. The Morgan fingerprint density at radius 2 is 2.31 bits per heavy atom. The van der Waals surface area contributed by atoms with Crippen LogP contribution in [0.1, 0.15) is 31.4 Å². The van der Waals surface area contributed by atoms with E-state index in [1.54, 1.807) is 0 Å². The lowest BCUT2D eigenvalue weighted by Crippen LogP contribution is -2.28. The number of hydrogen-bond donors (Lipinski definition) is 2. The van der Waals surface area contributed by atoms with Gasteiger partial charge in [0.25, 0.3) is 0 Å². The van der Waals surface area contributed by atoms with E-state index in [-0.39, 0.29) is 6.04 Å². The average Bonchev–Trinajstić information content (AvgIpc) is 2.23. The Morgan fingerprint density at radius 1 is 1.62 bits per heavy atom. The van der Waals surface area contributed by atoms with Crippen LogP contribution in [0.4, 0.5) is 0 Å². The molecule has 0 radical (unpaired) electrons. The fourth-order valence-corrected chi connectivity index (χ4v) is 2.59. The van der Waals surface area contributed by atoms with Gasteiger partial charge in [-0.25, -0.2) is 0 Å². The minimum Gasteiger partial charge on any atom is -0.271 e. The fourth-order valence-electron chi connectivity index (χ4n) is 1.50. The molecule has 1 aromatic rings. The monoisotopic (exact) mass is 394 g/mol. The Labute approximate surface area is 119 Å². The summed E-state index contributed by atoms with van der Waals surface area (Å²) in [4.78, 5) is 0. The van der Waals surface area contributed by atoms with Gasteiger partial charge in [0.05, 0.1) is 0 Å². The van der Waals surface area contributed by atoms with Crippen LogP contribution in [0, 0.1) is 3.57 Å². The molecule has 0 aliphatic carbocycles. The molecule has 0 aliphatic heterocycles. The number of rotatable bonds is 5. The number of halogens is 2. The van der Waals surface area contributed by atoms with Crippen molar-refractivity contribution >= 4 is 38.5 Å². The molecule has 1 rings (SSSR count). The maximum atomic E-state index is 5.61. The van der Waals surface area contributed by atoms with Crippen LogP contribution in [-0.4, -0.2) is 0 Å². The Bertz CT molecular complexity index is 379. The first-order valence-corrected chi connectivity index (χ1v) is 6.97. The molecule has 0 spiro atoms. The maximum Gasteiger partial charge on any atom is 0.0473 e. The Kier molecular flexibility index (Phi) is 5.96. The molecule has 0 saturated carbocycles. The summed E-state index contributed by atoms with van der Waals surface area (Å²) >= 11 is 5.82. The summed E-state index contributed by atoms with van der Waals surface area (Å²) < 4.78 is 2.31. The summed E-state index contributed by atoms with van der Waals surface area (Å²) in [5.41, 5.74) is 5.30. The van der Waals surface area contributed by atoms with E-state index in [1.807, 2.05) is 13.0 Å². The third kappa shape index (κ3) is 4.16. The molecule has 1 unspecified atom stereocenters. The molecule has 0 fully saturated rings. The molecule has 3 N–H and O–H groups in total. The summed E-state index contributed by atoms with van der Waals surface area (Å²) in [5.74, 6) is 5.61. The van der Waals surface area contributed by atoms with Crippen molar-refractivity contribution in [3.05, 3.63) is 44.0 Å². The lowest BCUT2D eigenvalue weighted by molar-refractivity contribution is 0.513. The lowest BCUT2D eigenvalue weighted by Gasteiger charge is -2.18. The molecule has 0 amide bonds. The molecule has 1 aromatic carbocycles. The summed E-state index contributed by atoms with van der Waals surface area (Å²) in [6, 6.07) is 6.43. The lowest BCUT2D eigenvalue weighted by atomic mass is 10.0. The Morgan fingerprint density at radius 3 is 2.88 bits per heavy atom. The van der Waals surface area contributed by atoms with Gasteiger partial charge in [-0.15, -0.1) is 6.58 Å². The summed E-state index contributed by atoms with van der Waals surface area (Å²) in [7, 11) is 0. The van der Waals surface area contributed by atoms with Gasteiger partial charge >= 0.3 is 0 Å². The minimum atomic E-state index is 0.182. The zero-order valence-corrected chi connectivity index (χ0v) is 13.0. The van der Waals surface area contributed by atoms with Gasteiger partial charge < -0.3 is 0 Å². The van der Waals surface area contributed by atoms with Gasteiger partial charge in [0.1, 0.15) is 0 Å². The largest absolute Gasteiger partial charge is 0.271 e. The smallest absolute Gasteiger partial charge is 0.0473 e. The SMILES string of the molecule is C=C(C)CCC(NN)c1cc(Br)ccc1I. The van der Waals surface area contributed by atoms with E-state index >= 15 is 0 Å². The van der Waals surface area contributed by atoms with Crippen molar-refractivity contribution in [1.82, 2.24) is 5.43 Å². The van der Waals surface area contributed by atoms with Crippen molar-refractivity contribution in [1.29, 1.82) is 0 Å². The second-order valence-corrected chi connectivity index (χ2v) is 5.96. The third-order valence-corrected chi connectivity index (χ3v) is 3.87. The second-order valence-electron chi connectivity index (χ2n) is 3.88. The maximum absolute atomic E-state index is 5.61. The molecule has 4 heteroatoms. The van der Waals surface area contributed by atoms with Gasteiger partial charge in [-0.1, -0.05) is 21.5 Å². The van der Waals surface area contributed by atoms with Crippen molar-refractivity contribution in [2.24, 2.45) is 5.84 Å². The topological polar surface area (TPSA) is 38.0 Å². The van der Waals surface area contributed by atoms with Crippen LogP contribution >= 0.6 is 38.5 Å². The Hall–Kier alpha value is 0.0900. The third-order valence-electron chi connectivity index (χ3n) is 2.39. The standard InChI is InChI=1S/C12H16BrIN2/c1-8(2)3-6-12(16-15)10-7-9(13)4-5-11(10)14/h4-5,7,12,16H,1,3,6,15H2,2H3. The van der Waals surface area contributed by atoms with E-state index in [9.17, 15) is 0 Å². The first-order chi connectivity index (χ1) is 7.54. The van der Waals surface area contributed by atoms with Crippen LogP contribution in [0.3, 0.4) is 0 Å². The average molecular weight is 395 g/mol. The molecule has 0 aliphatic rings. The van der Waals surface area contributed by atoms with Gasteiger partial charge in [-0.05, 0) is 66.1 Å². The zero-order chi connectivity index (χ0) is 12.1.